The minimum absolute atomic E-state index is 0.0315. The van der Waals surface area contributed by atoms with E-state index in [9.17, 15) is 20.0 Å². The molecule has 0 saturated heterocycles. The predicted octanol–water partition coefficient (Wildman–Crippen LogP) is 1.31. The minimum atomic E-state index is -1.12. The van der Waals surface area contributed by atoms with Gasteiger partial charge in [-0.15, -0.1) is 0 Å². The first-order valence-electron chi connectivity index (χ1n) is 6.18. The molecule has 1 heterocycles. The molecule has 0 bridgehead atoms. The summed E-state index contributed by atoms with van der Waals surface area (Å²) in [5, 5.41) is 21.0. The van der Waals surface area contributed by atoms with Crippen LogP contribution in [0.2, 0.25) is 0 Å². The lowest BCUT2D eigenvalue weighted by Gasteiger charge is -2.11. The molecule has 8 heteroatoms. The third-order valence-corrected chi connectivity index (χ3v) is 3.29. The average molecular weight is 290 g/mol. The molecule has 0 aliphatic rings. The molecule has 2 aromatic rings. The lowest BCUT2D eigenvalue weighted by molar-refractivity contribution is -0.383. The van der Waals surface area contributed by atoms with E-state index in [1.807, 2.05) is 0 Å². The van der Waals surface area contributed by atoms with Gasteiger partial charge in [-0.2, -0.15) is 0 Å². The summed E-state index contributed by atoms with van der Waals surface area (Å²) >= 11 is 0. The minimum Gasteiger partial charge on any atom is -0.387 e. The molecule has 1 atom stereocenters. The number of nitrogens with two attached hydrogens (primary N) is 1. The third kappa shape index (κ3) is 2.40. The van der Waals surface area contributed by atoms with Crippen LogP contribution in [0, 0.1) is 24.0 Å². The molecule has 0 saturated carbocycles. The number of hydrogen-bond acceptors (Lipinski definition) is 6. The number of benzene rings is 1. The number of aliphatic hydroxyl groups is 1. The van der Waals surface area contributed by atoms with Crippen molar-refractivity contribution in [2.24, 2.45) is 5.73 Å². The van der Waals surface area contributed by atoms with E-state index in [4.69, 9.17) is 5.73 Å². The van der Waals surface area contributed by atoms with Crippen molar-refractivity contribution in [3.63, 3.8) is 0 Å². The largest absolute Gasteiger partial charge is 0.387 e. The van der Waals surface area contributed by atoms with Crippen molar-refractivity contribution in [1.82, 2.24) is 9.97 Å². The quantitative estimate of drug-likeness (QED) is 0.646. The van der Waals surface area contributed by atoms with Gasteiger partial charge >= 0.3 is 0 Å². The number of hydrogen-bond donors (Lipinski definition) is 2. The molecule has 0 aliphatic carbocycles. The molecule has 1 aromatic heterocycles. The molecule has 110 valence electrons. The van der Waals surface area contributed by atoms with Gasteiger partial charge < -0.3 is 10.8 Å². The Balaban J connectivity index is 2.98. The Morgan fingerprint density at radius 1 is 1.43 bits per heavy atom. The number of amides is 1. The predicted molar refractivity (Wildman–Crippen MR) is 74.8 cm³/mol. The Morgan fingerprint density at radius 2 is 2.05 bits per heavy atom. The van der Waals surface area contributed by atoms with Gasteiger partial charge in [-0.25, -0.2) is 9.97 Å². The van der Waals surface area contributed by atoms with Gasteiger partial charge in [0.1, 0.15) is 5.69 Å². The monoisotopic (exact) mass is 290 g/mol. The SMILES string of the molecule is Cc1cc2nc(C(N)=O)c(C(C)O)nc2c([N+](=O)[O-])c1C. The van der Waals surface area contributed by atoms with Crippen molar-refractivity contribution in [2.45, 2.75) is 26.9 Å². The zero-order chi connectivity index (χ0) is 15.9. The van der Waals surface area contributed by atoms with Crippen LogP contribution in [0.15, 0.2) is 6.07 Å². The Morgan fingerprint density at radius 3 is 2.52 bits per heavy atom. The van der Waals surface area contributed by atoms with Gasteiger partial charge in [0.2, 0.25) is 0 Å². The van der Waals surface area contributed by atoms with Crippen LogP contribution in [0.3, 0.4) is 0 Å². The lowest BCUT2D eigenvalue weighted by Crippen LogP contribution is -2.19. The molecule has 0 spiro atoms. The van der Waals surface area contributed by atoms with E-state index in [2.05, 4.69) is 9.97 Å². The van der Waals surface area contributed by atoms with E-state index in [1.165, 1.54) is 6.92 Å². The zero-order valence-electron chi connectivity index (χ0n) is 11.7. The van der Waals surface area contributed by atoms with Gasteiger partial charge in [0.15, 0.2) is 11.2 Å². The average Bonchev–Trinajstić information content (AvgIpc) is 2.38. The van der Waals surface area contributed by atoms with Crippen LogP contribution in [0.5, 0.6) is 0 Å². The molecule has 8 nitrogen and oxygen atoms in total. The van der Waals surface area contributed by atoms with Crippen LogP contribution >= 0.6 is 0 Å². The van der Waals surface area contributed by atoms with Crippen LogP contribution in [0.1, 0.15) is 40.3 Å². The number of fused-ring (bicyclic) bond motifs is 1. The number of carbonyl (C=O) groups is 1. The first kappa shape index (κ1) is 14.8. The van der Waals surface area contributed by atoms with E-state index in [0.29, 0.717) is 11.1 Å². The first-order chi connectivity index (χ1) is 9.73. The van der Waals surface area contributed by atoms with Gasteiger partial charge in [0.25, 0.3) is 11.6 Å². The maximum Gasteiger partial charge on any atom is 0.300 e. The number of nitrogens with zero attached hydrogens (tertiary/aromatic N) is 3. The summed E-state index contributed by atoms with van der Waals surface area (Å²) < 4.78 is 0. The number of aryl methyl sites for hydroxylation is 1. The highest BCUT2D eigenvalue weighted by atomic mass is 16.6. The number of nitro groups is 1. The van der Waals surface area contributed by atoms with Crippen LogP contribution in [-0.4, -0.2) is 25.9 Å². The van der Waals surface area contributed by atoms with Gasteiger partial charge in [-0.1, -0.05) is 0 Å². The maximum absolute atomic E-state index is 11.4. The summed E-state index contributed by atoms with van der Waals surface area (Å²) in [7, 11) is 0. The van der Waals surface area contributed by atoms with Gasteiger partial charge in [0, 0.05) is 5.56 Å². The summed E-state index contributed by atoms with van der Waals surface area (Å²) in [5.41, 5.74) is 6.13. The Hall–Kier alpha value is -2.61. The second-order valence-corrected chi connectivity index (χ2v) is 4.79. The van der Waals surface area contributed by atoms with Crippen molar-refractivity contribution >= 4 is 22.6 Å². The first-order valence-corrected chi connectivity index (χ1v) is 6.18. The molecule has 0 radical (unpaired) electrons. The smallest absolute Gasteiger partial charge is 0.300 e. The van der Waals surface area contributed by atoms with Crippen molar-refractivity contribution in [1.29, 1.82) is 0 Å². The fraction of sp³-hybridized carbons (Fsp3) is 0.308. The van der Waals surface area contributed by atoms with E-state index in [1.54, 1.807) is 19.9 Å². The van der Waals surface area contributed by atoms with Gasteiger partial charge in [0.05, 0.1) is 16.5 Å². The number of aromatic nitrogens is 2. The standard InChI is InChI=1S/C13H14N4O4/c1-5-4-8-10(12(6(5)2)17(20)21)16-9(7(3)18)11(15-8)13(14)19/h4,7,18H,1-3H3,(H2,14,19). The zero-order valence-corrected chi connectivity index (χ0v) is 11.7. The second kappa shape index (κ2) is 5.06. The Kier molecular flexibility index (Phi) is 3.56. The summed E-state index contributed by atoms with van der Waals surface area (Å²) in [5.74, 6) is -0.846. The number of aliphatic hydroxyl groups excluding tert-OH is 1. The number of primary amides is 1. The van der Waals surface area contributed by atoms with E-state index in [0.717, 1.165) is 0 Å². The highest BCUT2D eigenvalue weighted by Gasteiger charge is 2.24. The fourth-order valence-corrected chi connectivity index (χ4v) is 2.11. The van der Waals surface area contributed by atoms with Crippen molar-refractivity contribution in [3.05, 3.63) is 38.7 Å². The number of carbonyl (C=O) groups excluding carboxylic acids is 1. The molecule has 0 fully saturated rings. The molecule has 2 rings (SSSR count). The topological polar surface area (TPSA) is 132 Å². The molecule has 3 N–H and O–H groups in total. The summed E-state index contributed by atoms with van der Waals surface area (Å²) in [4.78, 5) is 30.2. The summed E-state index contributed by atoms with van der Waals surface area (Å²) in [6, 6.07) is 1.60. The van der Waals surface area contributed by atoms with E-state index in [-0.39, 0.29) is 28.1 Å². The third-order valence-electron chi connectivity index (χ3n) is 3.29. The molecule has 0 aliphatic heterocycles. The maximum atomic E-state index is 11.4. The molecule has 1 amide bonds. The fourth-order valence-electron chi connectivity index (χ4n) is 2.11. The normalized spacial score (nSPS) is 12.4. The van der Waals surface area contributed by atoms with E-state index < -0.39 is 16.9 Å². The lowest BCUT2D eigenvalue weighted by atomic mass is 10.1. The molecule has 1 aromatic carbocycles. The molecule has 21 heavy (non-hydrogen) atoms. The summed E-state index contributed by atoms with van der Waals surface area (Å²) in [6.07, 6.45) is -1.12. The summed E-state index contributed by atoms with van der Waals surface area (Å²) in [6.45, 7) is 4.70. The molecular weight excluding hydrogens is 276 g/mol. The van der Waals surface area contributed by atoms with Crippen LogP contribution in [-0.2, 0) is 0 Å². The Labute approximate surface area is 119 Å². The highest BCUT2D eigenvalue weighted by Crippen LogP contribution is 2.31. The van der Waals surface area contributed by atoms with Crippen LogP contribution in [0.4, 0.5) is 5.69 Å². The van der Waals surface area contributed by atoms with Gasteiger partial charge in [-0.3, -0.25) is 14.9 Å². The number of rotatable bonds is 3. The molecular formula is C13H14N4O4. The Bertz CT molecular complexity index is 771. The van der Waals surface area contributed by atoms with Crippen LogP contribution < -0.4 is 5.73 Å². The number of nitro benzene ring substituents is 1. The van der Waals surface area contributed by atoms with Gasteiger partial charge in [-0.05, 0) is 32.4 Å². The van der Waals surface area contributed by atoms with E-state index >= 15 is 0 Å². The van der Waals surface area contributed by atoms with Crippen molar-refractivity contribution in [2.75, 3.05) is 0 Å². The second-order valence-electron chi connectivity index (χ2n) is 4.79. The van der Waals surface area contributed by atoms with Crippen molar-refractivity contribution in [3.8, 4) is 0 Å². The van der Waals surface area contributed by atoms with Crippen molar-refractivity contribution < 1.29 is 14.8 Å². The highest BCUT2D eigenvalue weighted by molar-refractivity contribution is 5.96. The molecule has 1 unspecified atom stereocenters. The van der Waals surface area contributed by atoms with Crippen LogP contribution in [0.25, 0.3) is 11.0 Å².